The SMILES string of the molecule is O=[N+]([O-])c1ccc(O[N+]2([O-])OO2)cc1. The first kappa shape index (κ1) is 8.84. The summed E-state index contributed by atoms with van der Waals surface area (Å²) in [6.45, 7) is 0. The second kappa shape index (κ2) is 2.89. The van der Waals surface area contributed by atoms with E-state index < -0.39 is 10.1 Å². The van der Waals surface area contributed by atoms with E-state index in [4.69, 9.17) is 0 Å². The molecule has 0 aromatic heterocycles. The Morgan fingerprint density at radius 1 is 1.29 bits per heavy atom. The number of benzene rings is 1. The van der Waals surface area contributed by atoms with Crippen molar-refractivity contribution in [3.8, 4) is 5.75 Å². The summed E-state index contributed by atoms with van der Waals surface area (Å²) in [6, 6.07) is 4.93. The topological polar surface area (TPSA) is 100 Å². The van der Waals surface area contributed by atoms with Crippen molar-refractivity contribution in [3.05, 3.63) is 39.6 Å². The summed E-state index contributed by atoms with van der Waals surface area (Å²) in [5, 5.41) is 19.3. The van der Waals surface area contributed by atoms with Crippen LogP contribution in [0, 0.1) is 15.3 Å². The molecule has 0 atom stereocenters. The molecule has 8 nitrogen and oxygen atoms in total. The molecule has 1 fully saturated rings. The Bertz CT molecular complexity index is 359. The van der Waals surface area contributed by atoms with Crippen LogP contribution in [-0.2, 0) is 9.98 Å². The number of rotatable bonds is 3. The highest BCUT2D eigenvalue weighted by Crippen LogP contribution is 2.28. The molecule has 0 spiro atoms. The third-order valence-corrected chi connectivity index (χ3v) is 1.46. The van der Waals surface area contributed by atoms with Crippen LogP contribution in [0.5, 0.6) is 5.75 Å². The Morgan fingerprint density at radius 3 is 2.29 bits per heavy atom. The minimum absolute atomic E-state index is 0.0950. The van der Waals surface area contributed by atoms with Gasteiger partial charge in [0.1, 0.15) is 9.98 Å². The zero-order chi connectivity index (χ0) is 10.2. The molecule has 0 N–H and O–H groups in total. The maximum Gasteiger partial charge on any atom is 0.269 e. The predicted octanol–water partition coefficient (Wildman–Crippen LogP) is 0.995. The standard InChI is InChI=1S/C6H4N2O6/c9-7(10)5-1-3-6(4-2-5)12-8(11)13-14-8/h1-4H. The Kier molecular flexibility index (Phi) is 1.82. The van der Waals surface area contributed by atoms with E-state index >= 15 is 0 Å². The normalized spacial score (nSPS) is 17.5. The van der Waals surface area contributed by atoms with Crippen LogP contribution < -0.4 is 4.84 Å². The van der Waals surface area contributed by atoms with Crippen molar-refractivity contribution in [1.29, 1.82) is 0 Å². The summed E-state index contributed by atoms with van der Waals surface area (Å²) >= 11 is 0. The van der Waals surface area contributed by atoms with E-state index in [2.05, 4.69) is 14.8 Å². The van der Waals surface area contributed by atoms with Crippen LogP contribution in [0.4, 0.5) is 5.69 Å². The maximum atomic E-state index is 10.7. The van der Waals surface area contributed by atoms with Crippen LogP contribution in [0.2, 0.25) is 0 Å². The number of nitrogens with zero attached hydrogens (tertiary/aromatic N) is 2. The fourth-order valence-corrected chi connectivity index (χ4v) is 0.815. The largest absolute Gasteiger partial charge is 0.513 e. The number of hydrogen-bond donors (Lipinski definition) is 0. The zero-order valence-electron chi connectivity index (χ0n) is 6.65. The second-order valence-electron chi connectivity index (χ2n) is 2.44. The summed E-state index contributed by atoms with van der Waals surface area (Å²) < 4.78 is 0. The molecule has 0 amide bonds. The van der Waals surface area contributed by atoms with Gasteiger partial charge in [0.15, 0.2) is 5.14 Å². The first-order chi connectivity index (χ1) is 6.59. The van der Waals surface area contributed by atoms with Gasteiger partial charge in [0.2, 0.25) is 5.75 Å². The van der Waals surface area contributed by atoms with Gasteiger partial charge >= 0.3 is 0 Å². The van der Waals surface area contributed by atoms with Crippen LogP contribution >= 0.6 is 0 Å². The van der Waals surface area contributed by atoms with Gasteiger partial charge in [-0.25, -0.2) is 4.84 Å². The van der Waals surface area contributed by atoms with Gasteiger partial charge in [0.05, 0.1) is 4.92 Å². The molecular weight excluding hydrogens is 196 g/mol. The smallest absolute Gasteiger partial charge is 0.269 e. The van der Waals surface area contributed by atoms with Crippen molar-refractivity contribution in [1.82, 2.24) is 0 Å². The van der Waals surface area contributed by atoms with Crippen LogP contribution in [-0.4, -0.2) is 10.1 Å². The summed E-state index contributed by atoms with van der Waals surface area (Å²) in [6.07, 6.45) is 0. The van der Waals surface area contributed by atoms with Gasteiger partial charge in [-0.15, -0.1) is 0 Å². The van der Waals surface area contributed by atoms with Gasteiger partial charge in [0, 0.05) is 12.1 Å². The number of hydrogen-bond acceptors (Lipinski definition) is 6. The highest BCUT2D eigenvalue weighted by molar-refractivity contribution is 5.35. The molecule has 1 aliphatic heterocycles. The molecule has 0 unspecified atom stereocenters. The summed E-state index contributed by atoms with van der Waals surface area (Å²) in [5.41, 5.74) is -0.0950. The average Bonchev–Trinajstić information content (AvgIpc) is 2.84. The summed E-state index contributed by atoms with van der Waals surface area (Å²) in [4.78, 5) is 22.1. The monoisotopic (exact) mass is 200 g/mol. The lowest BCUT2D eigenvalue weighted by Crippen LogP contribution is -2.20. The molecule has 74 valence electrons. The Morgan fingerprint density at radius 2 is 1.86 bits per heavy atom. The van der Waals surface area contributed by atoms with E-state index in [0.29, 0.717) is 0 Å². The molecule has 2 rings (SSSR count). The van der Waals surface area contributed by atoms with Gasteiger partial charge in [-0.2, -0.15) is 0 Å². The van der Waals surface area contributed by atoms with Crippen molar-refractivity contribution in [2.75, 3.05) is 0 Å². The average molecular weight is 200 g/mol. The molecule has 14 heavy (non-hydrogen) atoms. The van der Waals surface area contributed by atoms with E-state index in [0.717, 1.165) is 0 Å². The molecule has 1 aliphatic rings. The Hall–Kier alpha value is -1.74. The lowest BCUT2D eigenvalue weighted by Gasteiger charge is -2.04. The first-order valence-corrected chi connectivity index (χ1v) is 3.51. The third-order valence-electron chi connectivity index (χ3n) is 1.46. The van der Waals surface area contributed by atoms with E-state index in [-0.39, 0.29) is 11.4 Å². The summed E-state index contributed by atoms with van der Waals surface area (Å²) in [5.74, 6) is 0.114. The predicted molar refractivity (Wildman–Crippen MR) is 39.5 cm³/mol. The van der Waals surface area contributed by atoms with Crippen molar-refractivity contribution < 1.29 is 24.9 Å². The molecule has 1 aromatic carbocycles. The van der Waals surface area contributed by atoms with Gasteiger partial charge in [-0.1, -0.05) is 0 Å². The van der Waals surface area contributed by atoms with Crippen molar-refractivity contribution >= 4 is 5.69 Å². The molecule has 1 heterocycles. The highest BCUT2D eigenvalue weighted by Gasteiger charge is 2.48. The van der Waals surface area contributed by atoms with Gasteiger partial charge in [-0.3, -0.25) is 10.1 Å². The molecule has 1 aromatic rings. The number of nitro groups is 1. The van der Waals surface area contributed by atoms with Crippen molar-refractivity contribution in [2.24, 2.45) is 0 Å². The Labute approximate surface area is 76.9 Å². The zero-order valence-corrected chi connectivity index (χ0v) is 6.65. The van der Waals surface area contributed by atoms with E-state index in [1.807, 2.05) is 0 Å². The molecule has 0 radical (unpaired) electrons. The number of non-ortho nitro benzene ring substituents is 1. The number of quaternary nitrogens is 1. The number of nitro benzene ring substituents is 1. The second-order valence-corrected chi connectivity index (χ2v) is 2.44. The molecule has 0 saturated carbocycles. The molecule has 8 heteroatoms. The molecule has 0 bridgehead atoms. The fraction of sp³-hybridized carbons (Fsp3) is 0. The van der Waals surface area contributed by atoms with Crippen LogP contribution in [0.25, 0.3) is 0 Å². The van der Waals surface area contributed by atoms with Gasteiger partial charge in [0.25, 0.3) is 5.69 Å². The lowest BCUT2D eigenvalue weighted by molar-refractivity contribution is -1.08. The highest BCUT2D eigenvalue weighted by atomic mass is 17.8. The van der Waals surface area contributed by atoms with Crippen molar-refractivity contribution in [2.45, 2.75) is 0 Å². The minimum atomic E-state index is -1.68. The molecule has 1 saturated heterocycles. The lowest BCUT2D eigenvalue weighted by atomic mass is 10.3. The molecular formula is C6H4N2O6. The van der Waals surface area contributed by atoms with E-state index in [1.54, 1.807) is 0 Å². The first-order valence-electron chi connectivity index (χ1n) is 3.51. The van der Waals surface area contributed by atoms with Crippen molar-refractivity contribution in [3.63, 3.8) is 0 Å². The van der Waals surface area contributed by atoms with Crippen LogP contribution in [0.3, 0.4) is 0 Å². The van der Waals surface area contributed by atoms with Gasteiger partial charge in [-0.05, 0) is 12.1 Å². The minimum Gasteiger partial charge on any atom is -0.513 e. The Balaban J connectivity index is 2.10. The molecule has 0 aliphatic carbocycles. The van der Waals surface area contributed by atoms with E-state index in [1.165, 1.54) is 24.3 Å². The summed E-state index contributed by atoms with van der Waals surface area (Å²) in [7, 11) is 0. The third kappa shape index (κ3) is 1.78. The maximum absolute atomic E-state index is 10.7. The van der Waals surface area contributed by atoms with Crippen LogP contribution in [0.1, 0.15) is 0 Å². The van der Waals surface area contributed by atoms with Crippen LogP contribution in [0.15, 0.2) is 24.3 Å². The van der Waals surface area contributed by atoms with Gasteiger partial charge < -0.3 is 5.21 Å². The quantitative estimate of drug-likeness (QED) is 0.180. The fourth-order valence-electron chi connectivity index (χ4n) is 0.815. The van der Waals surface area contributed by atoms with E-state index in [9.17, 15) is 15.3 Å².